The van der Waals surface area contributed by atoms with Gasteiger partial charge in [-0.05, 0) is 67.7 Å². The van der Waals surface area contributed by atoms with E-state index in [1.807, 2.05) is 54.7 Å². The van der Waals surface area contributed by atoms with Crippen LogP contribution in [-0.2, 0) is 16.1 Å². The first-order valence-corrected chi connectivity index (χ1v) is 15.6. The van der Waals surface area contributed by atoms with E-state index in [9.17, 15) is 4.79 Å². The van der Waals surface area contributed by atoms with E-state index in [1.165, 1.54) is 17.0 Å². The number of rotatable bonds is 10. The molecule has 1 amide bonds. The molecule has 0 spiro atoms. The number of aromatic nitrogens is 2. The highest BCUT2D eigenvalue weighted by Gasteiger charge is 2.41. The van der Waals surface area contributed by atoms with Crippen LogP contribution in [0.4, 0.5) is 5.69 Å². The molecule has 0 radical (unpaired) electrons. The number of hydrogen-bond acceptors (Lipinski definition) is 5. The van der Waals surface area contributed by atoms with Gasteiger partial charge in [0.05, 0.1) is 31.0 Å². The van der Waals surface area contributed by atoms with Gasteiger partial charge in [-0.15, -0.1) is 0 Å². The van der Waals surface area contributed by atoms with Gasteiger partial charge in [-0.2, -0.15) is 0 Å². The number of amides is 1. The molecule has 9 heteroatoms. The summed E-state index contributed by atoms with van der Waals surface area (Å²) in [7, 11) is 0. The van der Waals surface area contributed by atoms with Crippen molar-refractivity contribution in [2.45, 2.75) is 45.3 Å². The summed E-state index contributed by atoms with van der Waals surface area (Å²) in [5.74, 6) is -0.0345. The molecule has 43 heavy (non-hydrogen) atoms. The van der Waals surface area contributed by atoms with Crippen LogP contribution in [0.15, 0.2) is 72.9 Å². The summed E-state index contributed by atoms with van der Waals surface area (Å²) in [6.07, 6.45) is 3.22. The molecule has 4 heterocycles. The minimum absolute atomic E-state index is 0.0345. The van der Waals surface area contributed by atoms with Crippen LogP contribution < -0.4 is 10.6 Å². The predicted octanol–water partition coefficient (Wildman–Crippen LogP) is 5.38. The van der Waals surface area contributed by atoms with Crippen molar-refractivity contribution >= 4 is 39.7 Å². The highest BCUT2D eigenvalue weighted by atomic mass is 32.1. The lowest BCUT2D eigenvalue weighted by molar-refractivity contribution is -0.116. The molecule has 6 rings (SSSR count). The third kappa shape index (κ3) is 6.44. The zero-order valence-corrected chi connectivity index (χ0v) is 25.8. The minimum Gasteiger partial charge on any atom is -0.379 e. The van der Waals surface area contributed by atoms with Gasteiger partial charge in [-0.1, -0.05) is 42.5 Å². The molecule has 2 fully saturated rings. The number of thiocarbonyl (C=S) groups is 1. The second-order valence-corrected chi connectivity index (χ2v) is 11.8. The van der Waals surface area contributed by atoms with E-state index >= 15 is 0 Å². The molecular weight excluding hydrogens is 556 g/mol. The molecule has 2 aromatic carbocycles. The maximum absolute atomic E-state index is 13.3. The van der Waals surface area contributed by atoms with Crippen molar-refractivity contribution in [3.8, 4) is 0 Å². The predicted molar refractivity (Wildman–Crippen MR) is 175 cm³/mol. The van der Waals surface area contributed by atoms with E-state index in [2.05, 4.69) is 57.0 Å². The summed E-state index contributed by atoms with van der Waals surface area (Å²) in [5.41, 5.74) is 5.47. The summed E-state index contributed by atoms with van der Waals surface area (Å²) in [6, 6.07) is 22.2. The van der Waals surface area contributed by atoms with Gasteiger partial charge < -0.3 is 24.8 Å². The molecule has 0 bridgehead atoms. The Morgan fingerprint density at radius 1 is 1.02 bits per heavy atom. The van der Waals surface area contributed by atoms with E-state index < -0.39 is 0 Å². The molecule has 2 atom stereocenters. The Labute approximate surface area is 259 Å². The Morgan fingerprint density at radius 3 is 2.63 bits per heavy atom. The third-order valence-corrected chi connectivity index (χ3v) is 9.08. The number of hydrogen-bond donors (Lipinski definition) is 2. The average Bonchev–Trinajstić information content (AvgIpc) is 3.51. The molecule has 2 aliphatic rings. The molecule has 2 saturated heterocycles. The second kappa shape index (κ2) is 13.2. The van der Waals surface area contributed by atoms with E-state index in [-0.39, 0.29) is 18.0 Å². The first-order valence-electron chi connectivity index (χ1n) is 15.2. The first kappa shape index (κ1) is 29.3. The Balaban J connectivity index is 1.21. The normalized spacial score (nSPS) is 19.1. The number of aryl methyl sites for hydroxylation is 1. The molecule has 2 N–H and O–H groups in total. The third-order valence-electron chi connectivity index (χ3n) is 8.73. The van der Waals surface area contributed by atoms with Gasteiger partial charge in [0.1, 0.15) is 0 Å². The van der Waals surface area contributed by atoms with Crippen LogP contribution in [0.1, 0.15) is 47.6 Å². The molecule has 0 aliphatic carbocycles. The summed E-state index contributed by atoms with van der Waals surface area (Å²) < 4.78 is 7.94. The topological polar surface area (TPSA) is 74.7 Å². The highest BCUT2D eigenvalue weighted by Crippen LogP contribution is 2.41. The number of nitrogens with zero attached hydrogens (tertiary/aromatic N) is 4. The number of anilines is 1. The zero-order valence-electron chi connectivity index (χ0n) is 25.0. The van der Waals surface area contributed by atoms with Gasteiger partial charge in [0.2, 0.25) is 5.91 Å². The average molecular weight is 597 g/mol. The van der Waals surface area contributed by atoms with Crippen molar-refractivity contribution in [2.75, 3.05) is 44.7 Å². The van der Waals surface area contributed by atoms with E-state index in [0.29, 0.717) is 18.1 Å². The monoisotopic (exact) mass is 596 g/mol. The largest absolute Gasteiger partial charge is 0.379 e. The van der Waals surface area contributed by atoms with Crippen molar-refractivity contribution in [1.82, 2.24) is 24.7 Å². The van der Waals surface area contributed by atoms with Crippen LogP contribution >= 0.6 is 12.2 Å². The van der Waals surface area contributed by atoms with Gasteiger partial charge in [-0.25, -0.2) is 0 Å². The number of benzene rings is 2. The second-order valence-electron chi connectivity index (χ2n) is 11.4. The number of nitrogens with one attached hydrogen (secondary N) is 2. The maximum Gasteiger partial charge on any atom is 0.226 e. The van der Waals surface area contributed by atoms with Crippen LogP contribution in [0.2, 0.25) is 0 Å². The molecule has 4 aromatic rings. The van der Waals surface area contributed by atoms with Crippen LogP contribution in [0, 0.1) is 13.8 Å². The number of fused-ring (bicyclic) bond motifs is 1. The SMILES string of the molecule is Cc1cc([C@H]2[C@H](c3ccccn3)NC(=S)N2CCC(=O)Nc2cccc3ccccc23)c(C)n1CCCN1CCOCC1. The first-order chi connectivity index (χ1) is 21.0. The van der Waals surface area contributed by atoms with Crippen LogP contribution in [0.3, 0.4) is 0 Å². The zero-order chi connectivity index (χ0) is 29.8. The Hall–Kier alpha value is -3.79. The van der Waals surface area contributed by atoms with Crippen molar-refractivity contribution in [2.24, 2.45) is 0 Å². The lowest BCUT2D eigenvalue weighted by Crippen LogP contribution is -2.37. The number of carbonyl (C=O) groups is 1. The fourth-order valence-corrected chi connectivity index (χ4v) is 6.83. The lowest BCUT2D eigenvalue weighted by atomic mass is 9.96. The summed E-state index contributed by atoms with van der Waals surface area (Å²) >= 11 is 5.90. The molecule has 8 nitrogen and oxygen atoms in total. The van der Waals surface area contributed by atoms with Crippen molar-refractivity contribution in [3.05, 3.63) is 95.6 Å². The molecule has 0 unspecified atom stereocenters. The van der Waals surface area contributed by atoms with E-state index in [0.717, 1.165) is 68.0 Å². The minimum atomic E-state index is -0.114. The van der Waals surface area contributed by atoms with Crippen molar-refractivity contribution < 1.29 is 9.53 Å². The fourth-order valence-electron chi connectivity index (χ4n) is 6.50. The quantitative estimate of drug-likeness (QED) is 0.238. The standard InChI is InChI=1S/C34H40N6O2S/c1-24-23-28(25(2)39(24)17-8-16-38-19-21-42-22-20-38)33-32(30-12-5-6-15-35-30)37-34(43)40(33)18-14-31(41)36-29-13-7-10-26-9-3-4-11-27(26)29/h3-7,9-13,15,23,32-33H,8,14,16-22H2,1-2H3,(H,36,41)(H,37,43)/t32-,33-/m0/s1. The van der Waals surface area contributed by atoms with Gasteiger partial charge >= 0.3 is 0 Å². The van der Waals surface area contributed by atoms with E-state index in [4.69, 9.17) is 21.9 Å². The van der Waals surface area contributed by atoms with E-state index in [1.54, 1.807) is 0 Å². The molecular formula is C34H40N6O2S. The molecule has 2 aromatic heterocycles. The highest BCUT2D eigenvalue weighted by molar-refractivity contribution is 7.80. The van der Waals surface area contributed by atoms with Crippen molar-refractivity contribution in [1.29, 1.82) is 0 Å². The number of ether oxygens (including phenoxy) is 1. The number of carbonyl (C=O) groups excluding carboxylic acids is 1. The van der Waals surface area contributed by atoms with Crippen molar-refractivity contribution in [3.63, 3.8) is 0 Å². The smallest absolute Gasteiger partial charge is 0.226 e. The Kier molecular flexibility index (Phi) is 9.02. The lowest BCUT2D eigenvalue weighted by Gasteiger charge is -2.28. The Morgan fingerprint density at radius 2 is 1.81 bits per heavy atom. The van der Waals surface area contributed by atoms with Gasteiger partial charge in [-0.3, -0.25) is 14.7 Å². The molecule has 224 valence electrons. The van der Waals surface area contributed by atoms with Crippen LogP contribution in [0.5, 0.6) is 0 Å². The van der Waals surface area contributed by atoms with Gasteiger partial charge in [0, 0.05) is 67.8 Å². The summed E-state index contributed by atoms with van der Waals surface area (Å²) in [6.45, 7) is 10.6. The Bertz CT molecular complexity index is 1580. The number of morpholine rings is 1. The number of pyridine rings is 1. The van der Waals surface area contributed by atoms with Crippen LogP contribution in [-0.4, -0.2) is 69.8 Å². The van der Waals surface area contributed by atoms with Gasteiger partial charge in [0.25, 0.3) is 0 Å². The van der Waals surface area contributed by atoms with Crippen LogP contribution in [0.25, 0.3) is 10.8 Å². The molecule has 0 saturated carbocycles. The summed E-state index contributed by atoms with van der Waals surface area (Å²) in [4.78, 5) is 22.6. The maximum atomic E-state index is 13.3. The fraction of sp³-hybridized carbons (Fsp3) is 0.382. The molecule has 2 aliphatic heterocycles. The summed E-state index contributed by atoms with van der Waals surface area (Å²) in [5, 5.41) is 9.47. The van der Waals surface area contributed by atoms with Gasteiger partial charge in [0.15, 0.2) is 5.11 Å².